The van der Waals surface area contributed by atoms with E-state index in [-0.39, 0.29) is 11.4 Å². The van der Waals surface area contributed by atoms with E-state index in [9.17, 15) is 9.18 Å². The third kappa shape index (κ3) is 2.88. The van der Waals surface area contributed by atoms with E-state index in [0.717, 1.165) is 31.9 Å². The van der Waals surface area contributed by atoms with Crippen LogP contribution in [0.1, 0.15) is 0 Å². The second-order valence-electron chi connectivity index (χ2n) is 5.06. The third-order valence-corrected chi connectivity index (χ3v) is 3.75. The van der Waals surface area contributed by atoms with E-state index in [2.05, 4.69) is 19.8 Å². The van der Waals surface area contributed by atoms with Crippen molar-refractivity contribution in [3.8, 4) is 5.75 Å². The van der Waals surface area contributed by atoms with Gasteiger partial charge in [-0.2, -0.15) is 0 Å². The predicted molar refractivity (Wildman–Crippen MR) is 82.2 cm³/mol. The van der Waals surface area contributed by atoms with Gasteiger partial charge in [-0.3, -0.25) is 4.79 Å². The van der Waals surface area contributed by atoms with Crippen LogP contribution in [-0.4, -0.2) is 43.3 Å². The van der Waals surface area contributed by atoms with Crippen molar-refractivity contribution in [2.75, 3.05) is 43.1 Å². The third-order valence-electron chi connectivity index (χ3n) is 3.75. The van der Waals surface area contributed by atoms with E-state index in [0.29, 0.717) is 11.6 Å². The Hall–Kier alpha value is -2.57. The molecule has 22 heavy (non-hydrogen) atoms. The summed E-state index contributed by atoms with van der Waals surface area (Å²) in [5, 5.41) is 0. The normalized spacial score (nSPS) is 15.0. The first-order valence-electron chi connectivity index (χ1n) is 7.05. The van der Waals surface area contributed by atoms with Gasteiger partial charge in [-0.05, 0) is 12.1 Å². The number of benzene rings is 1. The molecule has 0 aliphatic carbocycles. The molecule has 0 saturated carbocycles. The second kappa shape index (κ2) is 6.05. The zero-order valence-corrected chi connectivity index (χ0v) is 12.3. The Labute approximate surface area is 127 Å². The molecule has 6 nitrogen and oxygen atoms in total. The average Bonchev–Trinajstić information content (AvgIpc) is 2.55. The van der Waals surface area contributed by atoms with Crippen molar-refractivity contribution in [2.24, 2.45) is 0 Å². The van der Waals surface area contributed by atoms with Crippen molar-refractivity contribution in [1.82, 2.24) is 9.97 Å². The fraction of sp³-hybridized carbons (Fsp3) is 0.333. The van der Waals surface area contributed by atoms with Gasteiger partial charge in [0.1, 0.15) is 17.4 Å². The summed E-state index contributed by atoms with van der Waals surface area (Å²) >= 11 is 0. The minimum Gasteiger partial charge on any atom is -0.494 e. The van der Waals surface area contributed by atoms with Crippen LogP contribution < -0.4 is 20.1 Å². The number of methoxy groups -OCH3 is 1. The average molecular weight is 304 g/mol. The minimum atomic E-state index is -0.313. The summed E-state index contributed by atoms with van der Waals surface area (Å²) in [6.45, 7) is 2.96. The highest BCUT2D eigenvalue weighted by Gasteiger charge is 2.21. The van der Waals surface area contributed by atoms with E-state index in [1.807, 2.05) is 0 Å². The van der Waals surface area contributed by atoms with Crippen molar-refractivity contribution in [3.05, 3.63) is 46.8 Å². The molecule has 0 spiro atoms. The number of rotatable bonds is 3. The smallest absolute Gasteiger partial charge is 0.252 e. The Balaban J connectivity index is 1.73. The molecule has 1 aromatic heterocycles. The van der Waals surface area contributed by atoms with E-state index < -0.39 is 0 Å². The molecule has 0 atom stereocenters. The summed E-state index contributed by atoms with van der Waals surface area (Å²) in [6.07, 6.45) is 1.41. The molecule has 0 unspecified atom stereocenters. The van der Waals surface area contributed by atoms with Gasteiger partial charge < -0.3 is 19.5 Å². The van der Waals surface area contributed by atoms with Gasteiger partial charge >= 0.3 is 0 Å². The number of anilines is 2. The van der Waals surface area contributed by atoms with Crippen molar-refractivity contribution in [1.29, 1.82) is 0 Å². The van der Waals surface area contributed by atoms with Gasteiger partial charge in [-0.15, -0.1) is 0 Å². The number of aromatic nitrogens is 2. The molecular formula is C15H17FN4O2. The number of H-pyrrole nitrogens is 1. The van der Waals surface area contributed by atoms with Crippen molar-refractivity contribution < 1.29 is 9.13 Å². The summed E-state index contributed by atoms with van der Waals surface area (Å²) < 4.78 is 18.5. The Bertz CT molecular complexity index is 711. The van der Waals surface area contributed by atoms with Crippen LogP contribution in [0.4, 0.5) is 15.9 Å². The van der Waals surface area contributed by atoms with Crippen LogP contribution in [0.25, 0.3) is 0 Å². The molecule has 1 aliphatic heterocycles. The molecule has 0 radical (unpaired) electrons. The van der Waals surface area contributed by atoms with Crippen LogP contribution in [0.2, 0.25) is 0 Å². The standard InChI is InChI=1S/C15H17FN4O2/c1-22-13-8-11(16)2-3-12(13)19-4-6-20(7-5-19)14-9-15(21)18-10-17-14/h2-3,8-10H,4-7H2,1H3,(H,17,18,21). The van der Waals surface area contributed by atoms with Crippen LogP contribution >= 0.6 is 0 Å². The number of ether oxygens (including phenoxy) is 1. The number of halogens is 1. The van der Waals surface area contributed by atoms with Gasteiger partial charge in [-0.1, -0.05) is 0 Å². The number of piperazine rings is 1. The Kier molecular flexibility index (Phi) is 3.95. The van der Waals surface area contributed by atoms with Crippen LogP contribution in [-0.2, 0) is 0 Å². The molecule has 1 saturated heterocycles. The van der Waals surface area contributed by atoms with Crippen LogP contribution in [0.3, 0.4) is 0 Å². The molecule has 116 valence electrons. The molecule has 1 aliphatic rings. The zero-order chi connectivity index (χ0) is 15.5. The maximum absolute atomic E-state index is 13.3. The maximum atomic E-state index is 13.3. The van der Waals surface area contributed by atoms with Crippen molar-refractivity contribution >= 4 is 11.5 Å². The summed E-state index contributed by atoms with van der Waals surface area (Å²) in [4.78, 5) is 22.2. The molecule has 3 rings (SSSR count). The SMILES string of the molecule is COc1cc(F)ccc1N1CCN(c2cc(=O)[nH]cn2)CC1. The highest BCUT2D eigenvalue weighted by molar-refractivity contribution is 5.59. The summed E-state index contributed by atoms with van der Waals surface area (Å²) in [6, 6.07) is 6.05. The van der Waals surface area contributed by atoms with E-state index in [1.165, 1.54) is 31.6 Å². The Morgan fingerprint density at radius 1 is 1.18 bits per heavy atom. The minimum absolute atomic E-state index is 0.160. The van der Waals surface area contributed by atoms with Gasteiger partial charge in [0.25, 0.3) is 5.56 Å². The number of nitrogens with zero attached hydrogens (tertiary/aromatic N) is 3. The summed E-state index contributed by atoms with van der Waals surface area (Å²) in [5.41, 5.74) is 0.718. The van der Waals surface area contributed by atoms with Gasteiger partial charge in [0.05, 0.1) is 19.1 Å². The van der Waals surface area contributed by atoms with Gasteiger partial charge in [0, 0.05) is 38.3 Å². The quantitative estimate of drug-likeness (QED) is 0.924. The fourth-order valence-electron chi connectivity index (χ4n) is 2.62. The molecule has 7 heteroatoms. The van der Waals surface area contributed by atoms with Crippen LogP contribution in [0.15, 0.2) is 35.4 Å². The maximum Gasteiger partial charge on any atom is 0.252 e. The van der Waals surface area contributed by atoms with E-state index >= 15 is 0 Å². The topological polar surface area (TPSA) is 61.5 Å². The van der Waals surface area contributed by atoms with Gasteiger partial charge in [0.2, 0.25) is 0 Å². The van der Waals surface area contributed by atoms with Gasteiger partial charge in [-0.25, -0.2) is 9.37 Å². The van der Waals surface area contributed by atoms with E-state index in [4.69, 9.17) is 4.74 Å². The lowest BCUT2D eigenvalue weighted by atomic mass is 10.2. The highest BCUT2D eigenvalue weighted by atomic mass is 19.1. The molecule has 2 aromatic rings. The number of hydrogen-bond acceptors (Lipinski definition) is 5. The zero-order valence-electron chi connectivity index (χ0n) is 12.3. The summed E-state index contributed by atoms with van der Waals surface area (Å²) in [7, 11) is 1.54. The lowest BCUT2D eigenvalue weighted by Crippen LogP contribution is -2.47. The monoisotopic (exact) mass is 304 g/mol. The fourth-order valence-corrected chi connectivity index (χ4v) is 2.62. The molecule has 0 bridgehead atoms. The van der Waals surface area contributed by atoms with Crippen molar-refractivity contribution in [3.63, 3.8) is 0 Å². The predicted octanol–water partition coefficient (Wildman–Crippen LogP) is 1.24. The highest BCUT2D eigenvalue weighted by Crippen LogP contribution is 2.30. The first-order valence-corrected chi connectivity index (χ1v) is 7.05. The van der Waals surface area contributed by atoms with Crippen LogP contribution in [0.5, 0.6) is 5.75 Å². The lowest BCUT2D eigenvalue weighted by Gasteiger charge is -2.37. The first-order chi connectivity index (χ1) is 10.7. The number of hydrogen-bond donors (Lipinski definition) is 1. The number of aromatic amines is 1. The van der Waals surface area contributed by atoms with E-state index in [1.54, 1.807) is 6.07 Å². The molecule has 1 fully saturated rings. The first kappa shape index (κ1) is 14.4. The Morgan fingerprint density at radius 3 is 2.59 bits per heavy atom. The Morgan fingerprint density at radius 2 is 1.91 bits per heavy atom. The molecule has 0 amide bonds. The lowest BCUT2D eigenvalue weighted by molar-refractivity contribution is 0.410. The second-order valence-corrected chi connectivity index (χ2v) is 5.06. The molecule has 2 heterocycles. The van der Waals surface area contributed by atoms with Gasteiger partial charge in [0.15, 0.2) is 0 Å². The molecule has 1 N–H and O–H groups in total. The molecule has 1 aromatic carbocycles. The summed E-state index contributed by atoms with van der Waals surface area (Å²) in [5.74, 6) is 0.893. The van der Waals surface area contributed by atoms with Crippen LogP contribution in [0, 0.1) is 5.82 Å². The van der Waals surface area contributed by atoms with Crippen molar-refractivity contribution in [2.45, 2.75) is 0 Å². The molecular weight excluding hydrogens is 287 g/mol. The number of nitrogens with one attached hydrogen (secondary N) is 1. The largest absolute Gasteiger partial charge is 0.494 e.